The van der Waals surface area contributed by atoms with Gasteiger partial charge in [0, 0.05) is 16.8 Å². The molecule has 2 aromatic heterocycles. The van der Waals surface area contributed by atoms with Gasteiger partial charge in [0.05, 0.1) is 0 Å². The number of rotatable bonds is 2. The molecule has 1 nitrogen and oxygen atoms in total. The maximum absolute atomic E-state index is 3.12. The zero-order valence-corrected chi connectivity index (χ0v) is 7.34. The fraction of sp³-hybridized carbons (Fsp3) is 0. The molecule has 2 heteroatoms. The highest BCUT2D eigenvalue weighted by atomic mass is 32.1. The molecule has 0 saturated carbocycles. The summed E-state index contributed by atoms with van der Waals surface area (Å²) in [5.74, 6) is 0. The van der Waals surface area contributed by atoms with Gasteiger partial charge in [-0.1, -0.05) is 6.07 Å². The zero-order chi connectivity index (χ0) is 8.23. The van der Waals surface area contributed by atoms with Crippen molar-refractivity contribution in [1.82, 2.24) is 4.98 Å². The molecule has 12 heavy (non-hydrogen) atoms. The number of thiophene rings is 1. The van der Waals surface area contributed by atoms with E-state index in [4.69, 9.17) is 0 Å². The minimum Gasteiger partial charge on any atom is -0.362 e. The summed E-state index contributed by atoms with van der Waals surface area (Å²) in [6, 6.07) is 8.20. The molecule has 0 aliphatic rings. The number of hydrogen-bond donors (Lipinski definition) is 1. The van der Waals surface area contributed by atoms with Crippen molar-refractivity contribution in [1.29, 1.82) is 0 Å². The topological polar surface area (TPSA) is 15.8 Å². The molecule has 0 aliphatic heterocycles. The Balaban J connectivity index is 2.14. The van der Waals surface area contributed by atoms with Crippen LogP contribution in [0.3, 0.4) is 0 Å². The quantitative estimate of drug-likeness (QED) is 0.721. The van der Waals surface area contributed by atoms with E-state index in [0.717, 1.165) is 5.69 Å². The van der Waals surface area contributed by atoms with E-state index in [0.29, 0.717) is 0 Å². The van der Waals surface area contributed by atoms with Crippen LogP contribution in [-0.4, -0.2) is 4.98 Å². The maximum atomic E-state index is 3.12. The lowest BCUT2D eigenvalue weighted by atomic mass is 10.3. The van der Waals surface area contributed by atoms with E-state index in [9.17, 15) is 0 Å². The number of aromatic amines is 1. The van der Waals surface area contributed by atoms with Gasteiger partial charge in [-0.15, -0.1) is 11.3 Å². The minimum atomic E-state index is 1.14. The molecule has 0 aromatic carbocycles. The molecule has 0 spiro atoms. The fourth-order valence-corrected chi connectivity index (χ4v) is 1.62. The SMILES string of the molecule is C(=C/c1cccs1)/c1ccc[nH]1. The first-order valence-electron chi connectivity index (χ1n) is 3.80. The van der Waals surface area contributed by atoms with Gasteiger partial charge in [0.2, 0.25) is 0 Å². The summed E-state index contributed by atoms with van der Waals surface area (Å²) in [6.07, 6.45) is 6.11. The van der Waals surface area contributed by atoms with Crippen LogP contribution in [0.25, 0.3) is 12.2 Å². The molecule has 2 heterocycles. The highest BCUT2D eigenvalue weighted by Crippen LogP contribution is 2.12. The zero-order valence-electron chi connectivity index (χ0n) is 6.53. The standard InChI is InChI=1S/C10H9NS/c1-3-9(11-7-1)5-6-10-4-2-8-12-10/h1-8,11H/b6-5-. The van der Waals surface area contributed by atoms with Gasteiger partial charge in [-0.25, -0.2) is 0 Å². The summed E-state index contributed by atoms with van der Waals surface area (Å²) in [4.78, 5) is 4.40. The molecule has 2 rings (SSSR count). The first-order valence-corrected chi connectivity index (χ1v) is 4.68. The predicted octanol–water partition coefficient (Wildman–Crippen LogP) is 3.25. The van der Waals surface area contributed by atoms with Crippen LogP contribution < -0.4 is 0 Å². The van der Waals surface area contributed by atoms with Crippen LogP contribution >= 0.6 is 11.3 Å². The second-order valence-corrected chi connectivity index (χ2v) is 3.45. The van der Waals surface area contributed by atoms with E-state index in [1.165, 1.54) is 4.88 Å². The molecule has 0 aliphatic carbocycles. The summed E-state index contributed by atoms with van der Waals surface area (Å²) in [7, 11) is 0. The molecule has 0 bridgehead atoms. The Bertz CT molecular complexity index is 307. The monoisotopic (exact) mass is 175 g/mol. The molecule has 0 unspecified atom stereocenters. The van der Waals surface area contributed by atoms with Gasteiger partial charge in [-0.2, -0.15) is 0 Å². The molecular formula is C10H9NS. The molecule has 2 aromatic rings. The van der Waals surface area contributed by atoms with Crippen LogP contribution in [0, 0.1) is 0 Å². The van der Waals surface area contributed by atoms with Gasteiger partial charge in [-0.3, -0.25) is 0 Å². The van der Waals surface area contributed by atoms with Crippen LogP contribution in [-0.2, 0) is 0 Å². The van der Waals surface area contributed by atoms with Crippen molar-refractivity contribution < 1.29 is 0 Å². The summed E-state index contributed by atoms with van der Waals surface area (Å²) in [5.41, 5.74) is 1.14. The normalized spacial score (nSPS) is 11.0. The van der Waals surface area contributed by atoms with Crippen LogP contribution in [0.4, 0.5) is 0 Å². The predicted molar refractivity (Wildman–Crippen MR) is 54.0 cm³/mol. The van der Waals surface area contributed by atoms with E-state index < -0.39 is 0 Å². The number of hydrogen-bond acceptors (Lipinski definition) is 1. The van der Waals surface area contributed by atoms with Crippen molar-refractivity contribution in [2.45, 2.75) is 0 Å². The maximum Gasteiger partial charge on any atom is 0.0380 e. The number of H-pyrrole nitrogens is 1. The van der Waals surface area contributed by atoms with Crippen molar-refractivity contribution in [3.05, 3.63) is 46.4 Å². The highest BCUT2D eigenvalue weighted by molar-refractivity contribution is 7.10. The molecule has 0 radical (unpaired) electrons. The first kappa shape index (κ1) is 7.37. The van der Waals surface area contributed by atoms with Crippen molar-refractivity contribution in [3.63, 3.8) is 0 Å². The fourth-order valence-electron chi connectivity index (χ4n) is 1.01. The van der Waals surface area contributed by atoms with E-state index in [-0.39, 0.29) is 0 Å². The van der Waals surface area contributed by atoms with Gasteiger partial charge in [0.25, 0.3) is 0 Å². The molecule has 0 atom stereocenters. The second-order valence-electron chi connectivity index (χ2n) is 2.47. The minimum absolute atomic E-state index is 1.14. The van der Waals surface area contributed by atoms with E-state index in [2.05, 4.69) is 34.6 Å². The third-order valence-corrected chi connectivity index (χ3v) is 2.43. The van der Waals surface area contributed by atoms with Crippen LogP contribution in [0.5, 0.6) is 0 Å². The van der Waals surface area contributed by atoms with Crippen molar-refractivity contribution in [3.8, 4) is 0 Å². The van der Waals surface area contributed by atoms with Gasteiger partial charge < -0.3 is 4.98 Å². The highest BCUT2D eigenvalue weighted by Gasteiger charge is 1.86. The van der Waals surface area contributed by atoms with Crippen LogP contribution in [0.1, 0.15) is 10.6 Å². The Hall–Kier alpha value is -1.28. The lowest BCUT2D eigenvalue weighted by molar-refractivity contribution is 1.38. The number of nitrogens with one attached hydrogen (secondary N) is 1. The molecule has 1 N–H and O–H groups in total. The molecule has 0 saturated heterocycles. The first-order chi connectivity index (χ1) is 5.95. The summed E-state index contributed by atoms with van der Waals surface area (Å²) in [6.45, 7) is 0. The Morgan fingerprint density at radius 1 is 1.17 bits per heavy atom. The van der Waals surface area contributed by atoms with Gasteiger partial charge >= 0.3 is 0 Å². The average molecular weight is 175 g/mol. The smallest absolute Gasteiger partial charge is 0.0380 e. The van der Waals surface area contributed by atoms with E-state index >= 15 is 0 Å². The lowest BCUT2D eigenvalue weighted by Crippen LogP contribution is -1.65. The lowest BCUT2D eigenvalue weighted by Gasteiger charge is -1.83. The van der Waals surface area contributed by atoms with Gasteiger partial charge in [0.1, 0.15) is 0 Å². The third kappa shape index (κ3) is 1.66. The Morgan fingerprint density at radius 3 is 2.83 bits per heavy atom. The molecule has 60 valence electrons. The van der Waals surface area contributed by atoms with Crippen molar-refractivity contribution in [2.75, 3.05) is 0 Å². The second kappa shape index (κ2) is 3.41. The molecule has 0 amide bonds. The Morgan fingerprint density at radius 2 is 2.17 bits per heavy atom. The van der Waals surface area contributed by atoms with Gasteiger partial charge in [0.15, 0.2) is 0 Å². The summed E-state index contributed by atoms with van der Waals surface area (Å²) < 4.78 is 0. The Kier molecular flexibility index (Phi) is 2.10. The number of aromatic nitrogens is 1. The van der Waals surface area contributed by atoms with Crippen molar-refractivity contribution in [2.24, 2.45) is 0 Å². The Labute approximate surface area is 75.4 Å². The third-order valence-electron chi connectivity index (χ3n) is 1.59. The van der Waals surface area contributed by atoms with Gasteiger partial charge in [-0.05, 0) is 35.7 Å². The molecular weight excluding hydrogens is 166 g/mol. The van der Waals surface area contributed by atoms with Crippen LogP contribution in [0.15, 0.2) is 35.8 Å². The largest absolute Gasteiger partial charge is 0.362 e. The van der Waals surface area contributed by atoms with E-state index in [1.54, 1.807) is 11.3 Å². The summed E-state index contributed by atoms with van der Waals surface area (Å²) >= 11 is 1.74. The average Bonchev–Trinajstić information content (AvgIpc) is 2.74. The van der Waals surface area contributed by atoms with E-state index in [1.807, 2.05) is 18.3 Å². The molecule has 0 fully saturated rings. The summed E-state index contributed by atoms with van der Waals surface area (Å²) in [5, 5.41) is 2.08. The van der Waals surface area contributed by atoms with Crippen molar-refractivity contribution >= 4 is 23.5 Å². The van der Waals surface area contributed by atoms with Crippen LogP contribution in [0.2, 0.25) is 0 Å².